The molecule has 0 spiro atoms. The number of amides is 1. The van der Waals surface area contributed by atoms with Gasteiger partial charge in [-0.25, -0.2) is 4.98 Å². The summed E-state index contributed by atoms with van der Waals surface area (Å²) in [4.78, 5) is 24.1. The molecule has 1 aromatic heterocycles. The Labute approximate surface area is 223 Å². The lowest BCUT2D eigenvalue weighted by molar-refractivity contribution is 0.102. The number of hydrogen-bond donors (Lipinski definition) is 3. The molecule has 9 heteroatoms. The second-order valence-electron chi connectivity index (χ2n) is 8.15. The Morgan fingerprint density at radius 3 is 2.31 bits per heavy atom. The molecule has 1 aliphatic heterocycles. The lowest BCUT2D eigenvalue weighted by Gasteiger charge is -2.28. The van der Waals surface area contributed by atoms with Crippen molar-refractivity contribution in [1.29, 1.82) is 0 Å². The van der Waals surface area contributed by atoms with E-state index in [4.69, 9.17) is 4.74 Å². The molecular formula is C27H25IN6O2. The summed E-state index contributed by atoms with van der Waals surface area (Å²) in [6.45, 7) is 3.31. The van der Waals surface area contributed by atoms with Crippen LogP contribution in [0.1, 0.15) is 10.4 Å². The molecule has 0 saturated carbocycles. The Bertz CT molecular complexity index is 1330. The number of halogens is 1. The van der Waals surface area contributed by atoms with Crippen molar-refractivity contribution in [2.75, 3.05) is 47.2 Å². The number of benzene rings is 3. The highest BCUT2D eigenvalue weighted by molar-refractivity contribution is 14.1. The molecule has 3 N–H and O–H groups in total. The van der Waals surface area contributed by atoms with Crippen molar-refractivity contribution in [2.45, 2.75) is 0 Å². The van der Waals surface area contributed by atoms with Gasteiger partial charge >= 0.3 is 0 Å². The van der Waals surface area contributed by atoms with E-state index in [0.717, 1.165) is 41.2 Å². The number of aromatic nitrogens is 2. The molecule has 2 heterocycles. The highest BCUT2D eigenvalue weighted by Crippen LogP contribution is 2.28. The maximum atomic E-state index is 12.7. The van der Waals surface area contributed by atoms with E-state index in [1.54, 1.807) is 18.3 Å². The number of rotatable bonds is 7. The standard InChI is InChI=1S/C27H25IN6O2/c28-22-18-29-27(30-20-10-12-21(13-11-20)34-14-16-36-17-15-34)33-25(22)31-23-8-4-5-9-24(23)32-26(35)19-6-2-1-3-7-19/h1-13,18H,14-17H2,(H,32,35)(H2,29,30,31,33). The maximum absolute atomic E-state index is 12.7. The van der Waals surface area contributed by atoms with Gasteiger partial charge in [0, 0.05) is 36.2 Å². The normalized spacial score (nSPS) is 13.2. The van der Waals surface area contributed by atoms with Gasteiger partial charge in [-0.3, -0.25) is 4.79 Å². The van der Waals surface area contributed by atoms with Crippen LogP contribution in [0, 0.1) is 3.57 Å². The molecule has 0 atom stereocenters. The van der Waals surface area contributed by atoms with E-state index in [-0.39, 0.29) is 5.91 Å². The topological polar surface area (TPSA) is 91.4 Å². The Morgan fingerprint density at radius 1 is 0.861 bits per heavy atom. The number of carbonyl (C=O) groups excluding carboxylic acids is 1. The first-order chi connectivity index (χ1) is 17.7. The molecule has 8 nitrogen and oxygen atoms in total. The molecule has 0 radical (unpaired) electrons. The van der Waals surface area contributed by atoms with Gasteiger partial charge in [0.05, 0.1) is 28.2 Å². The van der Waals surface area contributed by atoms with Gasteiger partial charge in [-0.15, -0.1) is 0 Å². The molecule has 1 fully saturated rings. The maximum Gasteiger partial charge on any atom is 0.255 e. The summed E-state index contributed by atoms with van der Waals surface area (Å²) in [6, 6.07) is 24.9. The summed E-state index contributed by atoms with van der Waals surface area (Å²) in [6.07, 6.45) is 1.76. The number of anilines is 6. The SMILES string of the molecule is O=C(Nc1ccccc1Nc1nc(Nc2ccc(N3CCOCC3)cc2)ncc1I)c1ccccc1. The van der Waals surface area contributed by atoms with Crippen molar-refractivity contribution in [3.8, 4) is 0 Å². The van der Waals surface area contributed by atoms with E-state index in [2.05, 4.69) is 65.5 Å². The molecule has 0 aliphatic carbocycles. The van der Waals surface area contributed by atoms with E-state index in [1.165, 1.54) is 5.69 Å². The van der Waals surface area contributed by atoms with Crippen molar-refractivity contribution in [3.05, 3.63) is 94.2 Å². The third-order valence-corrected chi connectivity index (χ3v) is 6.50. The van der Waals surface area contributed by atoms with Gasteiger partial charge in [0.15, 0.2) is 0 Å². The highest BCUT2D eigenvalue weighted by atomic mass is 127. The van der Waals surface area contributed by atoms with Gasteiger partial charge in [0.2, 0.25) is 5.95 Å². The van der Waals surface area contributed by atoms with Gasteiger partial charge in [-0.1, -0.05) is 30.3 Å². The van der Waals surface area contributed by atoms with Crippen LogP contribution in [0.4, 0.5) is 34.5 Å². The van der Waals surface area contributed by atoms with Crippen molar-refractivity contribution in [2.24, 2.45) is 0 Å². The second kappa shape index (κ2) is 11.4. The molecule has 1 amide bonds. The van der Waals surface area contributed by atoms with Crippen LogP contribution in [0.25, 0.3) is 0 Å². The monoisotopic (exact) mass is 592 g/mol. The number of carbonyl (C=O) groups is 1. The molecule has 1 saturated heterocycles. The van der Waals surface area contributed by atoms with Crippen LogP contribution >= 0.6 is 22.6 Å². The quantitative estimate of drug-likeness (QED) is 0.239. The number of morpholine rings is 1. The predicted octanol–water partition coefficient (Wildman–Crippen LogP) is 5.66. The number of para-hydroxylation sites is 2. The zero-order valence-corrected chi connectivity index (χ0v) is 21.6. The second-order valence-corrected chi connectivity index (χ2v) is 9.31. The molecule has 1 aliphatic rings. The van der Waals surface area contributed by atoms with Crippen molar-refractivity contribution in [3.63, 3.8) is 0 Å². The summed E-state index contributed by atoms with van der Waals surface area (Å²) in [5, 5.41) is 9.60. The third-order valence-electron chi connectivity index (χ3n) is 5.71. The molecule has 5 rings (SSSR count). The van der Waals surface area contributed by atoms with Crippen LogP contribution in [0.3, 0.4) is 0 Å². The third kappa shape index (κ3) is 5.92. The van der Waals surface area contributed by atoms with Crippen molar-refractivity contribution < 1.29 is 9.53 Å². The van der Waals surface area contributed by atoms with E-state index in [0.29, 0.717) is 23.0 Å². The van der Waals surface area contributed by atoms with Crippen LogP contribution in [0.15, 0.2) is 85.1 Å². The number of nitrogens with zero attached hydrogens (tertiary/aromatic N) is 3. The van der Waals surface area contributed by atoms with E-state index < -0.39 is 0 Å². The largest absolute Gasteiger partial charge is 0.378 e. The number of ether oxygens (including phenoxy) is 1. The average molecular weight is 592 g/mol. The Kier molecular flexibility index (Phi) is 7.58. The van der Waals surface area contributed by atoms with Gasteiger partial charge in [0.1, 0.15) is 5.82 Å². The molecule has 36 heavy (non-hydrogen) atoms. The van der Waals surface area contributed by atoms with Crippen LogP contribution in [-0.2, 0) is 4.74 Å². The van der Waals surface area contributed by atoms with Crippen molar-refractivity contribution >= 4 is 63.0 Å². The first-order valence-corrected chi connectivity index (χ1v) is 12.7. The van der Waals surface area contributed by atoms with Crippen molar-refractivity contribution in [1.82, 2.24) is 9.97 Å². The zero-order chi connectivity index (χ0) is 24.7. The summed E-state index contributed by atoms with van der Waals surface area (Å²) < 4.78 is 6.29. The fourth-order valence-electron chi connectivity index (χ4n) is 3.83. The Hall–Kier alpha value is -3.70. The van der Waals surface area contributed by atoms with Gasteiger partial charge in [-0.05, 0) is 71.1 Å². The smallest absolute Gasteiger partial charge is 0.255 e. The highest BCUT2D eigenvalue weighted by Gasteiger charge is 2.13. The lowest BCUT2D eigenvalue weighted by atomic mass is 10.2. The summed E-state index contributed by atoms with van der Waals surface area (Å²) in [5.41, 5.74) is 4.06. The summed E-state index contributed by atoms with van der Waals surface area (Å²) >= 11 is 2.19. The van der Waals surface area contributed by atoms with Crippen LogP contribution in [-0.4, -0.2) is 42.2 Å². The zero-order valence-electron chi connectivity index (χ0n) is 19.4. The van der Waals surface area contributed by atoms with Crippen LogP contribution < -0.4 is 20.9 Å². The molecule has 3 aromatic carbocycles. The minimum Gasteiger partial charge on any atom is -0.378 e. The Morgan fingerprint density at radius 2 is 1.56 bits per heavy atom. The molecule has 4 aromatic rings. The first kappa shape index (κ1) is 24.0. The number of hydrogen-bond acceptors (Lipinski definition) is 7. The Balaban J connectivity index is 1.30. The summed E-state index contributed by atoms with van der Waals surface area (Å²) in [7, 11) is 0. The van der Waals surface area contributed by atoms with Crippen LogP contribution in [0.2, 0.25) is 0 Å². The number of nitrogens with one attached hydrogen (secondary N) is 3. The molecule has 0 bridgehead atoms. The first-order valence-electron chi connectivity index (χ1n) is 11.6. The minimum atomic E-state index is -0.176. The van der Waals surface area contributed by atoms with Gasteiger partial charge < -0.3 is 25.6 Å². The molecule has 0 unspecified atom stereocenters. The predicted molar refractivity (Wildman–Crippen MR) is 152 cm³/mol. The molecule has 182 valence electrons. The van der Waals surface area contributed by atoms with Gasteiger partial charge in [-0.2, -0.15) is 4.98 Å². The fourth-order valence-corrected chi connectivity index (χ4v) is 4.23. The minimum absolute atomic E-state index is 0.176. The van der Waals surface area contributed by atoms with Gasteiger partial charge in [0.25, 0.3) is 5.91 Å². The van der Waals surface area contributed by atoms with E-state index in [1.807, 2.05) is 54.6 Å². The average Bonchev–Trinajstić information content (AvgIpc) is 2.93. The van der Waals surface area contributed by atoms with E-state index >= 15 is 0 Å². The molecular weight excluding hydrogens is 567 g/mol. The van der Waals surface area contributed by atoms with Crippen LogP contribution in [0.5, 0.6) is 0 Å². The van der Waals surface area contributed by atoms with E-state index in [9.17, 15) is 4.79 Å². The fraction of sp³-hybridized carbons (Fsp3) is 0.148. The summed E-state index contributed by atoms with van der Waals surface area (Å²) in [5.74, 6) is 0.937. The lowest BCUT2D eigenvalue weighted by Crippen LogP contribution is -2.36.